The standard InChI is InChI=1S/C18H21ClN2O5S2/c1-2-26-17-10-9-14(21-11-5-6-12-27(21,22)23)13-18(17)28(24,25)20-16-8-4-3-7-15(16)19/h3-4,7-10,13,20H,2,5-6,11-12H2,1H3. The molecule has 0 aliphatic carbocycles. The number of ether oxygens (including phenoxy) is 1. The van der Waals surface area contributed by atoms with Crippen LogP contribution in [0.5, 0.6) is 5.75 Å². The third-order valence-corrected chi connectivity index (χ3v) is 7.86. The van der Waals surface area contributed by atoms with E-state index in [1.807, 2.05) is 0 Å². The Hall–Kier alpha value is -1.97. The Kier molecular flexibility index (Phi) is 6.07. The van der Waals surface area contributed by atoms with Crippen molar-refractivity contribution in [3.63, 3.8) is 0 Å². The van der Waals surface area contributed by atoms with Crippen LogP contribution in [-0.2, 0) is 20.0 Å². The van der Waals surface area contributed by atoms with Crippen LogP contribution in [0.3, 0.4) is 0 Å². The molecule has 10 heteroatoms. The molecule has 3 rings (SSSR count). The monoisotopic (exact) mass is 444 g/mol. The summed E-state index contributed by atoms with van der Waals surface area (Å²) in [7, 11) is -7.54. The van der Waals surface area contributed by atoms with Crippen LogP contribution in [0.2, 0.25) is 5.02 Å². The van der Waals surface area contributed by atoms with Gasteiger partial charge in [-0.25, -0.2) is 16.8 Å². The van der Waals surface area contributed by atoms with Crippen molar-refractivity contribution in [1.29, 1.82) is 0 Å². The molecule has 0 atom stereocenters. The van der Waals surface area contributed by atoms with E-state index in [4.69, 9.17) is 16.3 Å². The number of rotatable bonds is 6. The number of sulfonamides is 2. The van der Waals surface area contributed by atoms with Gasteiger partial charge in [0.1, 0.15) is 10.6 Å². The first kappa shape index (κ1) is 20.8. The Morgan fingerprint density at radius 1 is 1.18 bits per heavy atom. The molecule has 0 spiro atoms. The van der Waals surface area contributed by atoms with Gasteiger partial charge in [-0.05, 0) is 50.1 Å². The molecule has 1 aliphatic heterocycles. The number of nitrogens with zero attached hydrogens (tertiary/aromatic N) is 1. The zero-order valence-electron chi connectivity index (χ0n) is 15.3. The molecular formula is C18H21ClN2O5S2. The molecule has 1 fully saturated rings. The summed E-state index contributed by atoms with van der Waals surface area (Å²) in [6, 6.07) is 10.8. The second-order valence-corrected chi connectivity index (χ2v) is 10.3. The van der Waals surface area contributed by atoms with Gasteiger partial charge in [0.15, 0.2) is 0 Å². The van der Waals surface area contributed by atoms with Crippen LogP contribution in [0.15, 0.2) is 47.4 Å². The minimum atomic E-state index is -4.07. The van der Waals surface area contributed by atoms with Gasteiger partial charge >= 0.3 is 0 Å². The molecule has 152 valence electrons. The highest BCUT2D eigenvalue weighted by Crippen LogP contribution is 2.34. The Morgan fingerprint density at radius 3 is 2.61 bits per heavy atom. The van der Waals surface area contributed by atoms with Gasteiger partial charge in [0.05, 0.1) is 28.8 Å². The number of benzene rings is 2. The zero-order chi connectivity index (χ0) is 20.4. The zero-order valence-corrected chi connectivity index (χ0v) is 17.6. The van der Waals surface area contributed by atoms with Crippen molar-refractivity contribution in [3.8, 4) is 5.75 Å². The van der Waals surface area contributed by atoms with E-state index in [0.717, 1.165) is 0 Å². The van der Waals surface area contributed by atoms with E-state index in [-0.39, 0.29) is 33.7 Å². The highest BCUT2D eigenvalue weighted by molar-refractivity contribution is 7.93. The first-order chi connectivity index (χ1) is 13.2. The van der Waals surface area contributed by atoms with Gasteiger partial charge in [0, 0.05) is 6.54 Å². The molecule has 0 radical (unpaired) electrons. The fourth-order valence-corrected chi connectivity index (χ4v) is 6.07. The largest absolute Gasteiger partial charge is 0.492 e. The van der Waals surface area contributed by atoms with Crippen molar-refractivity contribution in [2.24, 2.45) is 0 Å². The van der Waals surface area contributed by atoms with Crippen molar-refractivity contribution < 1.29 is 21.6 Å². The highest BCUT2D eigenvalue weighted by atomic mass is 35.5. The smallest absolute Gasteiger partial charge is 0.265 e. The van der Waals surface area contributed by atoms with Gasteiger partial charge in [-0.1, -0.05) is 23.7 Å². The normalized spacial score (nSPS) is 16.6. The molecule has 28 heavy (non-hydrogen) atoms. The minimum absolute atomic E-state index is 0.0418. The Morgan fingerprint density at radius 2 is 1.93 bits per heavy atom. The second kappa shape index (κ2) is 8.18. The van der Waals surface area contributed by atoms with Gasteiger partial charge in [0.25, 0.3) is 10.0 Å². The fourth-order valence-electron chi connectivity index (χ4n) is 2.96. The lowest BCUT2D eigenvalue weighted by atomic mass is 10.2. The quantitative estimate of drug-likeness (QED) is 0.736. The number of anilines is 2. The van der Waals surface area contributed by atoms with E-state index < -0.39 is 20.0 Å². The summed E-state index contributed by atoms with van der Waals surface area (Å²) in [5, 5.41) is 0.249. The lowest BCUT2D eigenvalue weighted by Crippen LogP contribution is -2.37. The van der Waals surface area contributed by atoms with Crippen LogP contribution in [0, 0.1) is 0 Å². The number of halogens is 1. The van der Waals surface area contributed by atoms with Crippen LogP contribution in [0.25, 0.3) is 0 Å². The van der Waals surface area contributed by atoms with Gasteiger partial charge in [-0.15, -0.1) is 0 Å². The summed E-state index contributed by atoms with van der Waals surface area (Å²) in [5.41, 5.74) is 0.519. The molecule has 2 aromatic rings. The average Bonchev–Trinajstić information content (AvgIpc) is 2.64. The van der Waals surface area contributed by atoms with E-state index in [9.17, 15) is 16.8 Å². The molecular weight excluding hydrogens is 424 g/mol. The van der Waals surface area contributed by atoms with Gasteiger partial charge < -0.3 is 4.74 Å². The summed E-state index contributed by atoms with van der Waals surface area (Å²) in [4.78, 5) is -0.146. The van der Waals surface area contributed by atoms with Crippen LogP contribution in [0.1, 0.15) is 19.8 Å². The van der Waals surface area contributed by atoms with Crippen LogP contribution < -0.4 is 13.8 Å². The van der Waals surface area contributed by atoms with Crippen molar-refractivity contribution in [2.75, 3.05) is 27.9 Å². The minimum Gasteiger partial charge on any atom is -0.492 e. The lowest BCUT2D eigenvalue weighted by molar-refractivity contribution is 0.331. The van der Waals surface area contributed by atoms with Crippen molar-refractivity contribution in [1.82, 2.24) is 0 Å². The van der Waals surface area contributed by atoms with E-state index in [0.29, 0.717) is 25.1 Å². The highest BCUT2D eigenvalue weighted by Gasteiger charge is 2.29. The first-order valence-corrected chi connectivity index (χ1v) is 12.3. The second-order valence-electron chi connectivity index (χ2n) is 6.24. The van der Waals surface area contributed by atoms with E-state index >= 15 is 0 Å². The van der Waals surface area contributed by atoms with Crippen LogP contribution in [-0.4, -0.2) is 35.7 Å². The van der Waals surface area contributed by atoms with E-state index in [1.54, 1.807) is 37.3 Å². The molecule has 0 bridgehead atoms. The average molecular weight is 445 g/mol. The number of nitrogens with one attached hydrogen (secondary N) is 1. The predicted octanol–water partition coefficient (Wildman–Crippen LogP) is 3.47. The first-order valence-electron chi connectivity index (χ1n) is 8.79. The third kappa shape index (κ3) is 4.37. The van der Waals surface area contributed by atoms with E-state index in [2.05, 4.69) is 4.72 Å². The molecule has 1 N–H and O–H groups in total. The number of hydrogen-bond acceptors (Lipinski definition) is 5. The van der Waals surface area contributed by atoms with Crippen molar-refractivity contribution in [3.05, 3.63) is 47.5 Å². The molecule has 2 aromatic carbocycles. The number of para-hydroxylation sites is 1. The van der Waals surface area contributed by atoms with E-state index in [1.165, 1.54) is 16.4 Å². The maximum atomic E-state index is 13.0. The summed E-state index contributed by atoms with van der Waals surface area (Å²) in [6.07, 6.45) is 1.31. The molecule has 0 unspecified atom stereocenters. The lowest BCUT2D eigenvalue weighted by Gasteiger charge is -2.29. The summed E-state index contributed by atoms with van der Waals surface area (Å²) in [6.45, 7) is 2.31. The van der Waals surface area contributed by atoms with Gasteiger partial charge in [-0.2, -0.15) is 0 Å². The van der Waals surface area contributed by atoms with Crippen molar-refractivity contribution in [2.45, 2.75) is 24.7 Å². The fraction of sp³-hybridized carbons (Fsp3) is 0.333. The van der Waals surface area contributed by atoms with Gasteiger partial charge in [0.2, 0.25) is 10.0 Å². The predicted molar refractivity (Wildman–Crippen MR) is 110 cm³/mol. The molecule has 1 aliphatic rings. The Labute approximate surface area is 170 Å². The van der Waals surface area contributed by atoms with Crippen molar-refractivity contribution >= 4 is 43.0 Å². The maximum Gasteiger partial charge on any atom is 0.265 e. The summed E-state index contributed by atoms with van der Waals surface area (Å²) < 4.78 is 60.0. The third-order valence-electron chi connectivity index (χ3n) is 4.27. The maximum absolute atomic E-state index is 13.0. The molecule has 0 aromatic heterocycles. The molecule has 1 saturated heterocycles. The number of hydrogen-bond donors (Lipinski definition) is 1. The molecule has 0 saturated carbocycles. The Bertz CT molecular complexity index is 1070. The molecule has 7 nitrogen and oxygen atoms in total. The van der Waals surface area contributed by atoms with Gasteiger partial charge in [-0.3, -0.25) is 9.03 Å². The SMILES string of the molecule is CCOc1ccc(N2CCCCS2(=O)=O)cc1S(=O)(=O)Nc1ccccc1Cl. The molecule has 1 heterocycles. The van der Waals surface area contributed by atoms with Crippen LogP contribution >= 0.6 is 11.6 Å². The summed E-state index contributed by atoms with van der Waals surface area (Å²) >= 11 is 6.06. The Balaban J connectivity index is 2.06. The summed E-state index contributed by atoms with van der Waals surface area (Å²) in [5.74, 6) is 0.181. The van der Waals surface area contributed by atoms with Crippen LogP contribution in [0.4, 0.5) is 11.4 Å². The topological polar surface area (TPSA) is 92.8 Å². The molecule has 0 amide bonds.